The van der Waals surface area contributed by atoms with Gasteiger partial charge in [-0.1, -0.05) is 18.9 Å². The Hall–Kier alpha value is -1.49. The molecule has 0 aromatic heterocycles. The van der Waals surface area contributed by atoms with Gasteiger partial charge in [-0.05, 0) is 68.4 Å². The van der Waals surface area contributed by atoms with Gasteiger partial charge in [-0.15, -0.1) is 0 Å². The molecule has 2 saturated carbocycles. The molecule has 0 unspecified atom stereocenters. The zero-order chi connectivity index (χ0) is 17.6. The van der Waals surface area contributed by atoms with Crippen LogP contribution in [-0.2, 0) is 4.79 Å². The number of benzene rings is 1. The van der Waals surface area contributed by atoms with Crippen molar-refractivity contribution < 1.29 is 13.6 Å². The molecule has 0 bridgehead atoms. The standard InChI is InChI=1S/C20H28F2N2O/c21-17-9-10-18(19(22)13-17)15-7-5-14(6-8-15)11-12-23-24-20(25)16-3-1-2-4-16/h9-10,13-16,23H,1-8,11-12H2,(H,24,25). The molecule has 0 saturated heterocycles. The lowest BCUT2D eigenvalue weighted by molar-refractivity contribution is -0.125. The van der Waals surface area contributed by atoms with Crippen LogP contribution in [0, 0.1) is 23.5 Å². The van der Waals surface area contributed by atoms with Gasteiger partial charge in [0, 0.05) is 18.5 Å². The van der Waals surface area contributed by atoms with Crippen LogP contribution in [0.25, 0.3) is 0 Å². The van der Waals surface area contributed by atoms with Gasteiger partial charge in [-0.3, -0.25) is 10.2 Å². The maximum Gasteiger partial charge on any atom is 0.237 e. The second kappa shape index (κ2) is 8.75. The molecule has 0 heterocycles. The molecule has 3 rings (SSSR count). The fourth-order valence-electron chi connectivity index (χ4n) is 4.31. The summed E-state index contributed by atoms with van der Waals surface area (Å²) < 4.78 is 26.9. The maximum absolute atomic E-state index is 13.9. The van der Waals surface area contributed by atoms with Crippen molar-refractivity contribution >= 4 is 5.91 Å². The fourth-order valence-corrected chi connectivity index (χ4v) is 4.31. The average Bonchev–Trinajstić information content (AvgIpc) is 3.14. The molecule has 1 aromatic carbocycles. The summed E-state index contributed by atoms with van der Waals surface area (Å²) in [5.74, 6) is 0.199. The number of hydrogen-bond acceptors (Lipinski definition) is 2. The smallest absolute Gasteiger partial charge is 0.237 e. The summed E-state index contributed by atoms with van der Waals surface area (Å²) in [6.07, 6.45) is 9.37. The van der Waals surface area contributed by atoms with E-state index in [1.807, 2.05) is 0 Å². The van der Waals surface area contributed by atoms with E-state index in [1.54, 1.807) is 6.07 Å². The summed E-state index contributed by atoms with van der Waals surface area (Å²) in [7, 11) is 0. The molecule has 0 aliphatic heterocycles. The van der Waals surface area contributed by atoms with Crippen molar-refractivity contribution in [2.24, 2.45) is 11.8 Å². The molecular weight excluding hydrogens is 322 g/mol. The van der Waals surface area contributed by atoms with E-state index in [0.717, 1.165) is 70.4 Å². The molecule has 5 heteroatoms. The second-order valence-corrected chi connectivity index (χ2v) is 7.57. The normalized spacial score (nSPS) is 24.4. The number of hydrogen-bond donors (Lipinski definition) is 2. The van der Waals surface area contributed by atoms with Gasteiger partial charge in [0.2, 0.25) is 5.91 Å². The Balaban J connectivity index is 1.34. The van der Waals surface area contributed by atoms with E-state index in [0.29, 0.717) is 11.5 Å². The third-order valence-electron chi connectivity index (χ3n) is 5.86. The van der Waals surface area contributed by atoms with E-state index in [4.69, 9.17) is 0 Å². The number of carbonyl (C=O) groups is 1. The number of carbonyl (C=O) groups excluding carboxylic acids is 1. The minimum atomic E-state index is -0.513. The van der Waals surface area contributed by atoms with Crippen molar-refractivity contribution in [2.45, 2.75) is 63.7 Å². The minimum Gasteiger partial charge on any atom is -0.291 e. The molecule has 1 amide bonds. The highest BCUT2D eigenvalue weighted by Crippen LogP contribution is 2.37. The van der Waals surface area contributed by atoms with Crippen molar-refractivity contribution in [3.05, 3.63) is 35.4 Å². The zero-order valence-electron chi connectivity index (χ0n) is 14.7. The Morgan fingerprint density at radius 3 is 2.44 bits per heavy atom. The molecule has 2 aliphatic carbocycles. The van der Waals surface area contributed by atoms with Crippen molar-refractivity contribution in [3.8, 4) is 0 Å². The Labute approximate surface area is 148 Å². The first-order valence-corrected chi connectivity index (χ1v) is 9.61. The van der Waals surface area contributed by atoms with Gasteiger partial charge >= 0.3 is 0 Å². The summed E-state index contributed by atoms with van der Waals surface area (Å²) in [4.78, 5) is 11.9. The fraction of sp³-hybridized carbons (Fsp3) is 0.650. The summed E-state index contributed by atoms with van der Waals surface area (Å²) in [5, 5.41) is 0. The van der Waals surface area contributed by atoms with E-state index in [9.17, 15) is 13.6 Å². The van der Waals surface area contributed by atoms with Crippen molar-refractivity contribution in [3.63, 3.8) is 0 Å². The summed E-state index contributed by atoms with van der Waals surface area (Å²) >= 11 is 0. The van der Waals surface area contributed by atoms with Gasteiger partial charge in [0.1, 0.15) is 11.6 Å². The van der Waals surface area contributed by atoms with Crippen LogP contribution in [0.3, 0.4) is 0 Å². The van der Waals surface area contributed by atoms with Gasteiger partial charge in [0.05, 0.1) is 0 Å². The molecule has 3 nitrogen and oxygen atoms in total. The number of rotatable bonds is 6. The molecule has 2 aliphatic rings. The highest BCUT2D eigenvalue weighted by atomic mass is 19.1. The van der Waals surface area contributed by atoms with Gasteiger partial charge in [0.25, 0.3) is 0 Å². The minimum absolute atomic E-state index is 0.132. The van der Waals surface area contributed by atoms with Crippen LogP contribution in [0.4, 0.5) is 8.78 Å². The molecule has 0 radical (unpaired) electrons. The topological polar surface area (TPSA) is 41.1 Å². The molecule has 0 spiro atoms. The molecule has 138 valence electrons. The van der Waals surface area contributed by atoms with Gasteiger partial charge in [0.15, 0.2) is 0 Å². The van der Waals surface area contributed by atoms with Gasteiger partial charge in [-0.25, -0.2) is 14.2 Å². The Morgan fingerprint density at radius 1 is 1.04 bits per heavy atom. The third kappa shape index (κ3) is 5.00. The van der Waals surface area contributed by atoms with E-state index < -0.39 is 11.6 Å². The quantitative estimate of drug-likeness (QED) is 0.588. The molecule has 0 atom stereocenters. The highest BCUT2D eigenvalue weighted by Gasteiger charge is 2.25. The second-order valence-electron chi connectivity index (χ2n) is 7.57. The van der Waals surface area contributed by atoms with Crippen LogP contribution in [0.2, 0.25) is 0 Å². The van der Waals surface area contributed by atoms with Crippen molar-refractivity contribution in [1.82, 2.24) is 10.9 Å². The van der Waals surface area contributed by atoms with E-state index >= 15 is 0 Å². The van der Waals surface area contributed by atoms with Gasteiger partial charge < -0.3 is 0 Å². The van der Waals surface area contributed by atoms with Crippen LogP contribution >= 0.6 is 0 Å². The first kappa shape index (κ1) is 18.3. The molecular formula is C20H28F2N2O. The third-order valence-corrected chi connectivity index (χ3v) is 5.86. The first-order chi connectivity index (χ1) is 12.1. The van der Waals surface area contributed by atoms with Crippen LogP contribution in [-0.4, -0.2) is 12.5 Å². The lowest BCUT2D eigenvalue weighted by Gasteiger charge is -2.29. The number of nitrogens with one attached hydrogen (secondary N) is 2. The predicted octanol–water partition coefficient (Wildman–Crippen LogP) is 4.44. The number of amides is 1. The van der Waals surface area contributed by atoms with Crippen LogP contribution in [0.5, 0.6) is 0 Å². The Morgan fingerprint density at radius 2 is 1.76 bits per heavy atom. The number of hydrazine groups is 1. The monoisotopic (exact) mass is 350 g/mol. The highest BCUT2D eigenvalue weighted by molar-refractivity contribution is 5.78. The Bertz CT molecular complexity index is 579. The zero-order valence-corrected chi connectivity index (χ0v) is 14.7. The van der Waals surface area contributed by atoms with Crippen LogP contribution in [0.15, 0.2) is 18.2 Å². The maximum atomic E-state index is 13.9. The SMILES string of the molecule is O=C(NNCCC1CCC(c2ccc(F)cc2F)CC1)C1CCCC1. The summed E-state index contributed by atoms with van der Waals surface area (Å²) in [6.45, 7) is 0.776. The molecule has 1 aromatic rings. The first-order valence-electron chi connectivity index (χ1n) is 9.61. The largest absolute Gasteiger partial charge is 0.291 e. The number of halogens is 2. The van der Waals surface area contributed by atoms with E-state index in [-0.39, 0.29) is 17.7 Å². The molecule has 25 heavy (non-hydrogen) atoms. The lowest BCUT2D eigenvalue weighted by atomic mass is 9.77. The van der Waals surface area contributed by atoms with Crippen molar-refractivity contribution in [2.75, 3.05) is 6.54 Å². The van der Waals surface area contributed by atoms with Gasteiger partial charge in [-0.2, -0.15) is 0 Å². The Kier molecular flexibility index (Phi) is 6.40. The molecule has 2 fully saturated rings. The summed E-state index contributed by atoms with van der Waals surface area (Å²) in [6, 6.07) is 3.93. The van der Waals surface area contributed by atoms with E-state index in [1.165, 1.54) is 6.07 Å². The van der Waals surface area contributed by atoms with E-state index in [2.05, 4.69) is 10.9 Å². The van der Waals surface area contributed by atoms with Crippen LogP contribution < -0.4 is 10.9 Å². The predicted molar refractivity (Wildman–Crippen MR) is 93.8 cm³/mol. The van der Waals surface area contributed by atoms with Crippen LogP contribution in [0.1, 0.15) is 69.3 Å². The summed E-state index contributed by atoms with van der Waals surface area (Å²) in [5.41, 5.74) is 6.56. The van der Waals surface area contributed by atoms with Crippen molar-refractivity contribution in [1.29, 1.82) is 0 Å². The lowest BCUT2D eigenvalue weighted by Crippen LogP contribution is -2.41. The average molecular weight is 350 g/mol. The molecule has 2 N–H and O–H groups in total.